The van der Waals surface area contributed by atoms with Gasteiger partial charge in [-0.25, -0.2) is 0 Å². The fraction of sp³-hybridized carbons (Fsp3) is 0.975. The highest BCUT2D eigenvalue weighted by Crippen LogP contribution is 2.17. The Morgan fingerprint density at radius 1 is 0.479 bits per heavy atom. The lowest BCUT2D eigenvalue weighted by Gasteiger charge is -2.24. The number of aliphatic hydroxyl groups is 2. The van der Waals surface area contributed by atoms with E-state index in [1.807, 2.05) is 0 Å². The molecular weight excluding hydrogens is 623 g/mol. The summed E-state index contributed by atoms with van der Waals surface area (Å²) in [6, 6.07) is -1.14. The number of unbranched alkanes of at least 4 members (excludes halogenated alkanes) is 29. The highest BCUT2D eigenvalue weighted by atomic mass is 32.2. The zero-order chi connectivity index (χ0) is 35.6. The van der Waals surface area contributed by atoms with Crippen molar-refractivity contribution in [1.82, 2.24) is 5.32 Å². The van der Waals surface area contributed by atoms with Crippen molar-refractivity contribution in [2.75, 3.05) is 5.75 Å². The monoisotopic (exact) mass is 704 g/mol. The maximum Gasteiger partial charge on any atom is 0.266 e. The second kappa shape index (κ2) is 34.7. The summed E-state index contributed by atoms with van der Waals surface area (Å²) < 4.78 is 32.5. The third-order valence-corrected chi connectivity index (χ3v) is 10.7. The predicted octanol–water partition coefficient (Wildman–Crippen LogP) is 11.0. The SMILES string of the molecule is CCCCCCCCCCCCCCCCCCCCC(O)C(=O)NC(CS(=O)(=O)O)C(O)CCCCCCCCCCCCCCC. The fourth-order valence-corrected chi connectivity index (χ4v) is 7.46. The summed E-state index contributed by atoms with van der Waals surface area (Å²) in [6.07, 6.45) is 36.9. The lowest BCUT2D eigenvalue weighted by atomic mass is 10.0. The Morgan fingerprint density at radius 3 is 1.04 bits per heavy atom. The molecular formula is C40H81NO6S. The first-order valence-corrected chi connectivity index (χ1v) is 22.4. The summed E-state index contributed by atoms with van der Waals surface area (Å²) in [4.78, 5) is 12.6. The van der Waals surface area contributed by atoms with Crippen molar-refractivity contribution < 1.29 is 28.0 Å². The van der Waals surface area contributed by atoms with Gasteiger partial charge in [-0.3, -0.25) is 9.35 Å². The van der Waals surface area contributed by atoms with Gasteiger partial charge in [0.05, 0.1) is 17.9 Å². The van der Waals surface area contributed by atoms with Crippen molar-refractivity contribution in [3.63, 3.8) is 0 Å². The van der Waals surface area contributed by atoms with E-state index in [1.165, 1.54) is 154 Å². The van der Waals surface area contributed by atoms with Gasteiger partial charge in [0, 0.05) is 0 Å². The van der Waals surface area contributed by atoms with E-state index in [0.717, 1.165) is 44.9 Å². The number of rotatable bonds is 38. The maximum atomic E-state index is 12.6. The first kappa shape index (κ1) is 47.3. The maximum absolute atomic E-state index is 12.6. The van der Waals surface area contributed by atoms with E-state index in [0.29, 0.717) is 12.8 Å². The van der Waals surface area contributed by atoms with Crippen LogP contribution in [0.2, 0.25) is 0 Å². The number of aliphatic hydroxyl groups excluding tert-OH is 2. The molecule has 7 nitrogen and oxygen atoms in total. The molecule has 0 saturated carbocycles. The molecule has 3 atom stereocenters. The minimum atomic E-state index is -4.40. The first-order chi connectivity index (χ1) is 23.2. The van der Waals surface area contributed by atoms with Crippen molar-refractivity contribution in [3.05, 3.63) is 0 Å². The van der Waals surface area contributed by atoms with Crippen molar-refractivity contribution in [1.29, 1.82) is 0 Å². The van der Waals surface area contributed by atoms with Gasteiger partial charge in [-0.15, -0.1) is 0 Å². The van der Waals surface area contributed by atoms with E-state index >= 15 is 0 Å². The van der Waals surface area contributed by atoms with Crippen LogP contribution in [0.5, 0.6) is 0 Å². The smallest absolute Gasteiger partial charge is 0.266 e. The highest BCUT2D eigenvalue weighted by Gasteiger charge is 2.28. The molecule has 1 amide bonds. The van der Waals surface area contributed by atoms with Gasteiger partial charge in [-0.2, -0.15) is 8.42 Å². The molecule has 0 rings (SSSR count). The molecule has 4 N–H and O–H groups in total. The largest absolute Gasteiger partial charge is 0.391 e. The van der Waals surface area contributed by atoms with Crippen LogP contribution >= 0.6 is 0 Å². The summed E-state index contributed by atoms with van der Waals surface area (Å²) in [5.74, 6) is -1.44. The van der Waals surface area contributed by atoms with Crippen LogP contribution in [-0.4, -0.2) is 53.1 Å². The quantitative estimate of drug-likeness (QED) is 0.0375. The van der Waals surface area contributed by atoms with Crippen LogP contribution in [0.15, 0.2) is 0 Å². The molecule has 0 aromatic carbocycles. The molecule has 0 fully saturated rings. The van der Waals surface area contributed by atoms with Crippen molar-refractivity contribution in [2.45, 2.75) is 244 Å². The minimum Gasteiger partial charge on any atom is -0.391 e. The van der Waals surface area contributed by atoms with Gasteiger partial charge in [-0.05, 0) is 12.8 Å². The molecule has 0 aliphatic rings. The molecule has 0 heterocycles. The number of carbonyl (C=O) groups is 1. The molecule has 0 saturated heterocycles. The van der Waals surface area contributed by atoms with Crippen LogP contribution < -0.4 is 5.32 Å². The Labute approximate surface area is 298 Å². The van der Waals surface area contributed by atoms with Crippen molar-refractivity contribution in [2.24, 2.45) is 0 Å². The number of hydrogen-bond donors (Lipinski definition) is 4. The van der Waals surface area contributed by atoms with E-state index in [1.54, 1.807) is 0 Å². The van der Waals surface area contributed by atoms with E-state index in [-0.39, 0.29) is 0 Å². The predicted molar refractivity (Wildman–Crippen MR) is 204 cm³/mol. The molecule has 0 spiro atoms. The molecule has 0 bridgehead atoms. The normalized spacial score (nSPS) is 13.9. The van der Waals surface area contributed by atoms with E-state index in [2.05, 4.69) is 19.2 Å². The molecule has 0 aromatic heterocycles. The summed E-state index contributed by atoms with van der Waals surface area (Å²) in [5, 5.41) is 23.5. The average molecular weight is 704 g/mol. The standard InChI is InChI=1S/C40H81NO6S/c1-3-5-7-9-11-13-15-17-18-19-20-21-23-25-27-29-31-33-35-39(43)40(44)41-37(36-48(45,46)47)38(42)34-32-30-28-26-24-22-16-14-12-10-8-6-4-2/h37-39,42-43H,3-36H2,1-2H3,(H,41,44)(H,45,46,47). The summed E-state index contributed by atoms with van der Waals surface area (Å²) >= 11 is 0. The van der Waals surface area contributed by atoms with Crippen LogP contribution in [0.25, 0.3) is 0 Å². The zero-order valence-corrected chi connectivity index (χ0v) is 32.6. The van der Waals surface area contributed by atoms with E-state index < -0.39 is 40.0 Å². The molecule has 0 aliphatic heterocycles. The Balaban J connectivity index is 3.92. The third kappa shape index (κ3) is 33.8. The van der Waals surface area contributed by atoms with Crippen LogP contribution in [0.4, 0.5) is 0 Å². The van der Waals surface area contributed by atoms with E-state index in [9.17, 15) is 28.0 Å². The Morgan fingerprint density at radius 2 is 0.750 bits per heavy atom. The van der Waals surface area contributed by atoms with Gasteiger partial charge in [-0.1, -0.05) is 213 Å². The van der Waals surface area contributed by atoms with E-state index in [4.69, 9.17) is 0 Å². The minimum absolute atomic E-state index is 0.304. The molecule has 3 unspecified atom stereocenters. The second-order valence-corrected chi connectivity index (χ2v) is 16.3. The first-order valence-electron chi connectivity index (χ1n) is 20.8. The zero-order valence-electron chi connectivity index (χ0n) is 31.7. The van der Waals surface area contributed by atoms with Crippen molar-refractivity contribution >= 4 is 16.0 Å². The molecule has 0 aliphatic carbocycles. The molecule has 48 heavy (non-hydrogen) atoms. The fourth-order valence-electron chi connectivity index (χ4n) is 6.70. The Bertz CT molecular complexity index is 793. The number of carbonyl (C=O) groups excluding carboxylic acids is 1. The topological polar surface area (TPSA) is 124 Å². The number of nitrogens with one attached hydrogen (secondary N) is 1. The molecule has 0 aromatic rings. The van der Waals surface area contributed by atoms with Gasteiger partial charge < -0.3 is 15.5 Å². The number of amides is 1. The Kier molecular flexibility index (Phi) is 34.2. The highest BCUT2D eigenvalue weighted by molar-refractivity contribution is 7.85. The molecule has 8 heteroatoms. The van der Waals surface area contributed by atoms with Gasteiger partial charge in [0.1, 0.15) is 6.10 Å². The van der Waals surface area contributed by atoms with Crippen LogP contribution in [-0.2, 0) is 14.9 Å². The van der Waals surface area contributed by atoms with Crippen LogP contribution in [0, 0.1) is 0 Å². The van der Waals surface area contributed by atoms with Gasteiger partial charge >= 0.3 is 0 Å². The van der Waals surface area contributed by atoms with Gasteiger partial charge in [0.2, 0.25) is 5.91 Å². The third-order valence-electron chi connectivity index (χ3n) is 9.92. The van der Waals surface area contributed by atoms with Crippen LogP contribution in [0.3, 0.4) is 0 Å². The van der Waals surface area contributed by atoms with Crippen LogP contribution in [0.1, 0.15) is 226 Å². The second-order valence-electron chi connectivity index (χ2n) is 14.8. The Hall–Kier alpha value is -0.700. The lowest BCUT2D eigenvalue weighted by molar-refractivity contribution is -0.131. The molecule has 0 radical (unpaired) electrons. The lowest BCUT2D eigenvalue weighted by Crippen LogP contribution is -2.50. The number of hydrogen-bond acceptors (Lipinski definition) is 5. The van der Waals surface area contributed by atoms with Crippen molar-refractivity contribution in [3.8, 4) is 0 Å². The summed E-state index contributed by atoms with van der Waals surface area (Å²) in [5.41, 5.74) is 0. The van der Waals surface area contributed by atoms with Gasteiger partial charge in [0.15, 0.2) is 0 Å². The summed E-state index contributed by atoms with van der Waals surface area (Å²) in [6.45, 7) is 4.51. The van der Waals surface area contributed by atoms with Gasteiger partial charge in [0.25, 0.3) is 10.1 Å². The average Bonchev–Trinajstić information content (AvgIpc) is 3.05. The molecule has 288 valence electrons. The summed E-state index contributed by atoms with van der Waals surface area (Å²) in [7, 11) is -4.40.